The molecule has 0 amide bonds. The molecule has 1 aliphatic rings. The van der Waals surface area contributed by atoms with Crippen molar-refractivity contribution < 1.29 is 4.74 Å². The van der Waals surface area contributed by atoms with Crippen molar-refractivity contribution in [2.45, 2.75) is 38.3 Å². The molecule has 0 saturated carbocycles. The highest BCUT2D eigenvalue weighted by Gasteiger charge is 2.16. The zero-order chi connectivity index (χ0) is 10.9. The van der Waals surface area contributed by atoms with E-state index in [-0.39, 0.29) is 6.04 Å². The Morgan fingerprint density at radius 3 is 3.13 bits per heavy atom. The third-order valence-electron chi connectivity index (χ3n) is 2.53. The molecule has 0 spiro atoms. The zero-order valence-corrected chi connectivity index (χ0v) is 10.2. The minimum absolute atomic E-state index is 0.00625. The summed E-state index contributed by atoms with van der Waals surface area (Å²) in [6, 6.07) is 2.30. The Bertz CT molecular complexity index is 199. The molecular weight excluding hydrogens is 208 g/mol. The van der Waals surface area contributed by atoms with E-state index in [1.54, 1.807) is 0 Å². The lowest BCUT2D eigenvalue weighted by molar-refractivity contribution is 0.109. The maximum absolute atomic E-state index is 8.94. The Morgan fingerprint density at radius 1 is 1.67 bits per heavy atom. The van der Waals surface area contributed by atoms with Crippen LogP contribution in [0.1, 0.15) is 26.2 Å². The SMILES string of the molecule is CCSCCC(C#N)NCC1CCCO1. The van der Waals surface area contributed by atoms with Gasteiger partial charge in [-0.05, 0) is 30.8 Å². The third-order valence-corrected chi connectivity index (χ3v) is 3.46. The maximum atomic E-state index is 8.94. The summed E-state index contributed by atoms with van der Waals surface area (Å²) in [5, 5.41) is 12.2. The lowest BCUT2D eigenvalue weighted by Crippen LogP contribution is -2.34. The van der Waals surface area contributed by atoms with Crippen LogP contribution in [0.4, 0.5) is 0 Å². The van der Waals surface area contributed by atoms with Crippen LogP contribution in [-0.2, 0) is 4.74 Å². The first-order valence-corrected chi connectivity index (χ1v) is 6.84. The summed E-state index contributed by atoms with van der Waals surface area (Å²) in [4.78, 5) is 0. The van der Waals surface area contributed by atoms with Crippen molar-refractivity contribution >= 4 is 11.8 Å². The smallest absolute Gasteiger partial charge is 0.0961 e. The highest BCUT2D eigenvalue weighted by atomic mass is 32.2. The van der Waals surface area contributed by atoms with Crippen LogP contribution in [-0.4, -0.2) is 36.8 Å². The predicted molar refractivity (Wildman–Crippen MR) is 64.0 cm³/mol. The summed E-state index contributed by atoms with van der Waals surface area (Å²) in [6.07, 6.45) is 3.56. The fourth-order valence-corrected chi connectivity index (χ4v) is 2.33. The van der Waals surface area contributed by atoms with Crippen LogP contribution in [0.15, 0.2) is 0 Å². The van der Waals surface area contributed by atoms with Gasteiger partial charge in [0.25, 0.3) is 0 Å². The van der Waals surface area contributed by atoms with Gasteiger partial charge in [0.15, 0.2) is 0 Å². The van der Waals surface area contributed by atoms with E-state index in [9.17, 15) is 0 Å². The Kier molecular flexibility index (Phi) is 6.82. The second-order valence-electron chi connectivity index (χ2n) is 3.71. The Labute approximate surface area is 96.6 Å². The average molecular weight is 228 g/mol. The van der Waals surface area contributed by atoms with E-state index in [0.717, 1.165) is 43.9 Å². The first kappa shape index (κ1) is 12.8. The van der Waals surface area contributed by atoms with Crippen LogP contribution >= 0.6 is 11.8 Å². The predicted octanol–water partition coefficient (Wildman–Crippen LogP) is 1.79. The number of hydrogen-bond donors (Lipinski definition) is 1. The fourth-order valence-electron chi connectivity index (χ4n) is 1.64. The van der Waals surface area contributed by atoms with E-state index < -0.39 is 0 Å². The van der Waals surface area contributed by atoms with Crippen LogP contribution in [0.3, 0.4) is 0 Å². The van der Waals surface area contributed by atoms with E-state index in [1.807, 2.05) is 11.8 Å². The molecule has 3 nitrogen and oxygen atoms in total. The second kappa shape index (κ2) is 7.98. The van der Waals surface area contributed by atoms with Gasteiger partial charge in [0.1, 0.15) is 0 Å². The Morgan fingerprint density at radius 2 is 2.53 bits per heavy atom. The van der Waals surface area contributed by atoms with E-state index in [4.69, 9.17) is 10.00 Å². The molecule has 0 aliphatic carbocycles. The summed E-state index contributed by atoms with van der Waals surface area (Å²) in [5.41, 5.74) is 0. The van der Waals surface area contributed by atoms with Gasteiger partial charge in [-0.1, -0.05) is 6.92 Å². The summed E-state index contributed by atoms with van der Waals surface area (Å²) in [6.45, 7) is 3.86. The van der Waals surface area contributed by atoms with Crippen LogP contribution < -0.4 is 5.32 Å². The lowest BCUT2D eigenvalue weighted by atomic mass is 10.2. The molecule has 0 aromatic carbocycles. The van der Waals surface area contributed by atoms with Crippen LogP contribution in [0.5, 0.6) is 0 Å². The summed E-state index contributed by atoms with van der Waals surface area (Å²) in [5.74, 6) is 2.19. The van der Waals surface area contributed by atoms with Gasteiger partial charge in [-0.25, -0.2) is 0 Å². The highest BCUT2D eigenvalue weighted by molar-refractivity contribution is 7.99. The van der Waals surface area contributed by atoms with Gasteiger partial charge in [-0.15, -0.1) is 0 Å². The minimum Gasteiger partial charge on any atom is -0.377 e. The van der Waals surface area contributed by atoms with E-state index in [0.29, 0.717) is 6.10 Å². The first-order valence-electron chi connectivity index (χ1n) is 5.69. The van der Waals surface area contributed by atoms with Gasteiger partial charge in [0.05, 0.1) is 18.2 Å². The maximum Gasteiger partial charge on any atom is 0.0961 e. The van der Waals surface area contributed by atoms with Crippen LogP contribution in [0, 0.1) is 11.3 Å². The van der Waals surface area contributed by atoms with Gasteiger partial charge in [-0.3, -0.25) is 5.32 Å². The molecule has 15 heavy (non-hydrogen) atoms. The summed E-state index contributed by atoms with van der Waals surface area (Å²) < 4.78 is 5.50. The van der Waals surface area contributed by atoms with Crippen molar-refractivity contribution in [3.8, 4) is 6.07 Å². The number of nitrogens with one attached hydrogen (secondary N) is 1. The monoisotopic (exact) mass is 228 g/mol. The quantitative estimate of drug-likeness (QED) is 0.675. The van der Waals surface area contributed by atoms with Gasteiger partial charge in [-0.2, -0.15) is 17.0 Å². The van der Waals surface area contributed by atoms with Crippen molar-refractivity contribution in [2.24, 2.45) is 0 Å². The molecule has 1 fully saturated rings. The molecule has 1 saturated heterocycles. The Balaban J connectivity index is 2.07. The molecule has 0 bridgehead atoms. The van der Waals surface area contributed by atoms with Crippen LogP contribution in [0.25, 0.3) is 0 Å². The van der Waals surface area contributed by atoms with E-state index >= 15 is 0 Å². The molecule has 2 unspecified atom stereocenters. The molecule has 1 N–H and O–H groups in total. The van der Waals surface area contributed by atoms with Gasteiger partial charge in [0.2, 0.25) is 0 Å². The average Bonchev–Trinajstić information content (AvgIpc) is 2.76. The minimum atomic E-state index is -0.00625. The number of nitriles is 1. The summed E-state index contributed by atoms with van der Waals surface area (Å²) in [7, 11) is 0. The van der Waals surface area contributed by atoms with Gasteiger partial charge >= 0.3 is 0 Å². The largest absolute Gasteiger partial charge is 0.377 e. The van der Waals surface area contributed by atoms with Gasteiger partial charge in [0, 0.05) is 13.2 Å². The third kappa shape index (κ3) is 5.41. The van der Waals surface area contributed by atoms with Crippen LogP contribution in [0.2, 0.25) is 0 Å². The number of rotatable bonds is 7. The standard InChI is InChI=1S/C11H20N2OS/c1-2-15-7-5-10(8-12)13-9-11-4-3-6-14-11/h10-11,13H,2-7,9H2,1H3. The molecule has 2 atom stereocenters. The summed E-state index contributed by atoms with van der Waals surface area (Å²) >= 11 is 1.89. The molecule has 0 aromatic rings. The first-order chi connectivity index (χ1) is 7.36. The molecule has 4 heteroatoms. The molecule has 1 rings (SSSR count). The lowest BCUT2D eigenvalue weighted by Gasteiger charge is -2.14. The van der Waals surface area contributed by atoms with E-state index in [2.05, 4.69) is 18.3 Å². The van der Waals surface area contributed by atoms with Crippen molar-refractivity contribution in [1.82, 2.24) is 5.32 Å². The fraction of sp³-hybridized carbons (Fsp3) is 0.909. The molecular formula is C11H20N2OS. The molecule has 86 valence electrons. The number of ether oxygens (including phenoxy) is 1. The zero-order valence-electron chi connectivity index (χ0n) is 9.37. The van der Waals surface area contributed by atoms with Crippen molar-refractivity contribution in [3.63, 3.8) is 0 Å². The van der Waals surface area contributed by atoms with Gasteiger partial charge < -0.3 is 4.74 Å². The second-order valence-corrected chi connectivity index (χ2v) is 5.10. The molecule has 1 aliphatic heterocycles. The molecule has 0 radical (unpaired) electrons. The van der Waals surface area contributed by atoms with Crippen molar-refractivity contribution in [3.05, 3.63) is 0 Å². The van der Waals surface area contributed by atoms with Crippen molar-refractivity contribution in [1.29, 1.82) is 5.26 Å². The van der Waals surface area contributed by atoms with E-state index in [1.165, 1.54) is 0 Å². The Hall–Kier alpha value is -0.240. The highest BCUT2D eigenvalue weighted by Crippen LogP contribution is 2.11. The number of hydrogen-bond acceptors (Lipinski definition) is 4. The topological polar surface area (TPSA) is 45.0 Å². The number of nitrogens with zero attached hydrogens (tertiary/aromatic N) is 1. The van der Waals surface area contributed by atoms with Crippen molar-refractivity contribution in [2.75, 3.05) is 24.7 Å². The number of thioether (sulfide) groups is 1. The normalized spacial score (nSPS) is 22.5. The molecule has 0 aromatic heterocycles. The molecule has 1 heterocycles.